The third kappa shape index (κ3) is 3.82. The lowest BCUT2D eigenvalue weighted by atomic mass is 10.2. The molecule has 2 aromatic rings. The van der Waals surface area contributed by atoms with Crippen molar-refractivity contribution in [3.63, 3.8) is 0 Å². The fourth-order valence-electron chi connectivity index (χ4n) is 2.55. The molecule has 1 aromatic heterocycles. The summed E-state index contributed by atoms with van der Waals surface area (Å²) in [6, 6.07) is 5.12. The molecule has 1 unspecified atom stereocenters. The summed E-state index contributed by atoms with van der Waals surface area (Å²) in [5.74, 6) is -0.360. The van der Waals surface area contributed by atoms with E-state index in [0.29, 0.717) is 18.3 Å². The van der Waals surface area contributed by atoms with Gasteiger partial charge in [0.25, 0.3) is 6.43 Å². The smallest absolute Gasteiger partial charge is 0.251 e. The summed E-state index contributed by atoms with van der Waals surface area (Å²) in [6.07, 6.45) is -2.48. The molecule has 0 radical (unpaired) electrons. The van der Waals surface area contributed by atoms with Crippen molar-refractivity contribution in [1.82, 2.24) is 9.88 Å². The van der Waals surface area contributed by atoms with Gasteiger partial charge in [0.15, 0.2) is 5.13 Å². The first-order chi connectivity index (χ1) is 11.0. The Morgan fingerprint density at radius 3 is 3.17 bits per heavy atom. The highest BCUT2D eigenvalue weighted by atomic mass is 32.1. The highest BCUT2D eigenvalue weighted by Crippen LogP contribution is 2.27. The normalized spacial score (nSPS) is 19.4. The second-order valence-electron chi connectivity index (χ2n) is 5.46. The first-order valence-electron chi connectivity index (χ1n) is 7.31. The van der Waals surface area contributed by atoms with Gasteiger partial charge in [-0.25, -0.2) is 13.8 Å². The molecule has 124 valence electrons. The molecular weight excluding hydrogens is 324 g/mol. The molecule has 1 aliphatic rings. The van der Waals surface area contributed by atoms with Crippen LogP contribution in [0.3, 0.4) is 0 Å². The summed E-state index contributed by atoms with van der Waals surface area (Å²) < 4.78 is 31.5. The Kier molecular flexibility index (Phi) is 4.84. The number of nitrogens with one attached hydrogen (secondary N) is 1. The number of halogens is 2. The van der Waals surface area contributed by atoms with Gasteiger partial charge < -0.3 is 10.1 Å². The lowest BCUT2D eigenvalue weighted by Gasteiger charge is -2.33. The molecule has 0 aliphatic carbocycles. The minimum absolute atomic E-state index is 0.114. The number of aryl methyl sites for hydroxylation is 1. The van der Waals surface area contributed by atoms with E-state index in [2.05, 4.69) is 10.3 Å². The number of hydrogen-bond acceptors (Lipinski definition) is 5. The molecule has 2 heterocycles. The number of morpholine rings is 1. The summed E-state index contributed by atoms with van der Waals surface area (Å²) in [5.41, 5.74) is 1.92. The predicted molar refractivity (Wildman–Crippen MR) is 85.2 cm³/mol. The maximum atomic E-state index is 12.6. The number of rotatable bonds is 4. The zero-order valence-electron chi connectivity index (χ0n) is 12.6. The molecule has 1 N–H and O–H groups in total. The summed E-state index contributed by atoms with van der Waals surface area (Å²) in [4.78, 5) is 18.2. The molecule has 8 heteroatoms. The van der Waals surface area contributed by atoms with E-state index in [1.54, 1.807) is 0 Å². The molecular formula is C15H17F2N3O2S. The second kappa shape index (κ2) is 6.86. The van der Waals surface area contributed by atoms with Gasteiger partial charge >= 0.3 is 0 Å². The van der Waals surface area contributed by atoms with Crippen LogP contribution in [0.4, 0.5) is 13.9 Å². The van der Waals surface area contributed by atoms with Crippen molar-refractivity contribution in [2.45, 2.75) is 19.4 Å². The van der Waals surface area contributed by atoms with Crippen LogP contribution in [0.1, 0.15) is 5.56 Å². The van der Waals surface area contributed by atoms with Gasteiger partial charge in [-0.2, -0.15) is 0 Å². The van der Waals surface area contributed by atoms with Crippen LogP contribution in [0.15, 0.2) is 18.2 Å². The van der Waals surface area contributed by atoms with Crippen molar-refractivity contribution in [3.05, 3.63) is 23.8 Å². The van der Waals surface area contributed by atoms with E-state index in [4.69, 9.17) is 4.74 Å². The highest BCUT2D eigenvalue weighted by Gasteiger charge is 2.31. The molecule has 0 bridgehead atoms. The highest BCUT2D eigenvalue weighted by molar-refractivity contribution is 7.22. The quantitative estimate of drug-likeness (QED) is 0.928. The van der Waals surface area contributed by atoms with Crippen LogP contribution < -0.4 is 5.32 Å². The number of nitrogens with zero attached hydrogens (tertiary/aromatic N) is 2. The Morgan fingerprint density at radius 2 is 2.39 bits per heavy atom. The zero-order chi connectivity index (χ0) is 16.4. The molecule has 23 heavy (non-hydrogen) atoms. The first kappa shape index (κ1) is 16.2. The molecule has 1 aromatic carbocycles. The van der Waals surface area contributed by atoms with E-state index in [1.807, 2.05) is 25.1 Å². The van der Waals surface area contributed by atoms with Crippen LogP contribution in [-0.4, -0.2) is 54.6 Å². The monoisotopic (exact) mass is 341 g/mol. The van der Waals surface area contributed by atoms with E-state index >= 15 is 0 Å². The van der Waals surface area contributed by atoms with Crippen LogP contribution in [0.25, 0.3) is 10.2 Å². The van der Waals surface area contributed by atoms with E-state index in [0.717, 1.165) is 15.8 Å². The van der Waals surface area contributed by atoms with Crippen LogP contribution >= 0.6 is 11.3 Å². The van der Waals surface area contributed by atoms with Crippen molar-refractivity contribution in [3.8, 4) is 0 Å². The number of amides is 1. The van der Waals surface area contributed by atoms with Gasteiger partial charge in [0, 0.05) is 6.54 Å². The first-order valence-corrected chi connectivity index (χ1v) is 8.12. The number of thiazole rings is 1. The largest absolute Gasteiger partial charge is 0.378 e. The van der Waals surface area contributed by atoms with E-state index in [1.165, 1.54) is 16.2 Å². The number of anilines is 1. The number of hydrogen-bond donors (Lipinski definition) is 1. The lowest BCUT2D eigenvalue weighted by molar-refractivity contribution is -0.128. The number of benzene rings is 1. The standard InChI is InChI=1S/C15H17F2N3O2S/c1-9-2-3-10-12(6-9)23-15(18-10)19-14(21)11-8-22-5-4-20(11)7-13(16)17/h2-3,6,11,13H,4-5,7-8H2,1H3,(H,18,19,21). The molecule has 1 amide bonds. The van der Waals surface area contributed by atoms with Gasteiger partial charge in [-0.3, -0.25) is 9.69 Å². The molecule has 1 saturated heterocycles. The average molecular weight is 341 g/mol. The fourth-order valence-corrected chi connectivity index (χ4v) is 3.52. The fraction of sp³-hybridized carbons (Fsp3) is 0.467. The van der Waals surface area contributed by atoms with Crippen molar-refractivity contribution in [2.24, 2.45) is 0 Å². The van der Waals surface area contributed by atoms with Gasteiger partial charge in [0.05, 0.1) is 30.0 Å². The number of carbonyl (C=O) groups is 1. The Labute approximate surface area is 136 Å². The zero-order valence-corrected chi connectivity index (χ0v) is 13.4. The summed E-state index contributed by atoms with van der Waals surface area (Å²) in [5, 5.41) is 3.20. The number of fused-ring (bicyclic) bond motifs is 1. The van der Waals surface area contributed by atoms with Crippen LogP contribution in [0.2, 0.25) is 0 Å². The van der Waals surface area contributed by atoms with Gasteiger partial charge in [0.2, 0.25) is 5.91 Å². The van der Waals surface area contributed by atoms with Crippen molar-refractivity contribution < 1.29 is 18.3 Å². The van der Waals surface area contributed by atoms with Gasteiger partial charge in [0.1, 0.15) is 6.04 Å². The van der Waals surface area contributed by atoms with Gasteiger partial charge in [-0.15, -0.1) is 0 Å². The molecule has 5 nitrogen and oxygen atoms in total. The molecule has 0 saturated carbocycles. The van der Waals surface area contributed by atoms with E-state index < -0.39 is 19.0 Å². The Morgan fingerprint density at radius 1 is 1.57 bits per heavy atom. The lowest BCUT2D eigenvalue weighted by Crippen LogP contribution is -2.53. The summed E-state index contributed by atoms with van der Waals surface area (Å²) >= 11 is 1.37. The number of alkyl halides is 2. The Hall–Kier alpha value is -1.64. The van der Waals surface area contributed by atoms with Crippen LogP contribution in [0.5, 0.6) is 0 Å². The summed E-state index contributed by atoms with van der Waals surface area (Å²) in [7, 11) is 0. The summed E-state index contributed by atoms with van der Waals surface area (Å²) in [6.45, 7) is 2.35. The Balaban J connectivity index is 1.73. The molecule has 0 spiro atoms. The molecule has 1 aliphatic heterocycles. The third-order valence-corrected chi connectivity index (χ3v) is 4.62. The van der Waals surface area contributed by atoms with Crippen molar-refractivity contribution in [2.75, 3.05) is 31.6 Å². The third-order valence-electron chi connectivity index (χ3n) is 3.69. The molecule has 1 fully saturated rings. The Bertz CT molecular complexity index is 707. The number of ether oxygens (including phenoxy) is 1. The van der Waals surface area contributed by atoms with E-state index in [9.17, 15) is 13.6 Å². The molecule has 1 atom stereocenters. The average Bonchev–Trinajstić information content (AvgIpc) is 2.88. The maximum absolute atomic E-state index is 12.6. The van der Waals surface area contributed by atoms with Crippen LogP contribution in [-0.2, 0) is 9.53 Å². The number of aromatic nitrogens is 1. The predicted octanol–water partition coefficient (Wildman–Crippen LogP) is 2.51. The minimum Gasteiger partial charge on any atom is -0.378 e. The van der Waals surface area contributed by atoms with Crippen molar-refractivity contribution in [1.29, 1.82) is 0 Å². The minimum atomic E-state index is -2.48. The van der Waals surface area contributed by atoms with Crippen molar-refractivity contribution >= 4 is 32.6 Å². The second-order valence-corrected chi connectivity index (χ2v) is 6.49. The maximum Gasteiger partial charge on any atom is 0.251 e. The molecule has 3 rings (SSSR count). The van der Waals surface area contributed by atoms with Gasteiger partial charge in [-0.1, -0.05) is 17.4 Å². The topological polar surface area (TPSA) is 54.5 Å². The van der Waals surface area contributed by atoms with E-state index in [-0.39, 0.29) is 12.5 Å². The van der Waals surface area contributed by atoms with Gasteiger partial charge in [-0.05, 0) is 24.6 Å². The van der Waals surface area contributed by atoms with Crippen LogP contribution in [0, 0.1) is 6.92 Å². The number of carbonyl (C=O) groups excluding carboxylic acids is 1. The SMILES string of the molecule is Cc1ccc2nc(NC(=O)C3COCCN3CC(F)F)sc2c1.